The van der Waals surface area contributed by atoms with Gasteiger partial charge in [0.25, 0.3) is 0 Å². The first-order valence-electron chi connectivity index (χ1n) is 6.01. The lowest BCUT2D eigenvalue weighted by Gasteiger charge is -2.39. The summed E-state index contributed by atoms with van der Waals surface area (Å²) in [5, 5.41) is 0.132. The Morgan fingerprint density at radius 3 is 2.24 bits per heavy atom. The van der Waals surface area contributed by atoms with E-state index in [-0.39, 0.29) is 11.1 Å². The Kier molecular flexibility index (Phi) is 6.30. The van der Waals surface area contributed by atoms with E-state index < -0.39 is 14.4 Å². The van der Waals surface area contributed by atoms with Crippen molar-refractivity contribution in [2.75, 3.05) is 6.61 Å². The fraction of sp³-hybridized carbons (Fsp3) is 0.769. The van der Waals surface area contributed by atoms with Crippen molar-refractivity contribution < 1.29 is 14.0 Å². The summed E-state index contributed by atoms with van der Waals surface area (Å²) in [6.07, 6.45) is 1.71. The first kappa shape index (κ1) is 16.5. The quantitative estimate of drug-likeness (QED) is 0.400. The molecular formula is C13H26O3Si. The molecule has 0 fully saturated rings. The maximum Gasteiger partial charge on any atom is 0.192 e. The van der Waals surface area contributed by atoms with Gasteiger partial charge in [0.2, 0.25) is 0 Å². The van der Waals surface area contributed by atoms with Crippen LogP contribution in [0.15, 0.2) is 12.7 Å². The van der Waals surface area contributed by atoms with Crippen LogP contribution >= 0.6 is 0 Å². The van der Waals surface area contributed by atoms with Crippen LogP contribution in [0.5, 0.6) is 0 Å². The molecule has 0 spiro atoms. The van der Waals surface area contributed by atoms with Gasteiger partial charge in [-0.05, 0) is 25.1 Å². The monoisotopic (exact) mass is 258 g/mol. The molecule has 0 heterocycles. The molecular weight excluding hydrogens is 232 g/mol. The molecule has 17 heavy (non-hydrogen) atoms. The van der Waals surface area contributed by atoms with Crippen molar-refractivity contribution in [1.29, 1.82) is 0 Å². The predicted octanol–water partition coefficient (Wildman–Crippen LogP) is 3.17. The lowest BCUT2D eigenvalue weighted by molar-refractivity contribution is -0.122. The average molecular weight is 258 g/mol. The van der Waals surface area contributed by atoms with E-state index in [0.717, 1.165) is 6.29 Å². The van der Waals surface area contributed by atoms with Gasteiger partial charge in [-0.15, -0.1) is 6.58 Å². The SMILES string of the molecule is C=CCO[C@@H](C=O)[C@@H](C)O[Si](C)(C)C(C)(C)C. The van der Waals surface area contributed by atoms with E-state index in [2.05, 4.69) is 40.4 Å². The van der Waals surface area contributed by atoms with Crippen LogP contribution in [0.25, 0.3) is 0 Å². The van der Waals surface area contributed by atoms with Crippen molar-refractivity contribution in [3.63, 3.8) is 0 Å². The number of carbonyl (C=O) groups excluding carboxylic acids is 1. The summed E-state index contributed by atoms with van der Waals surface area (Å²) in [5.74, 6) is 0. The zero-order valence-corrected chi connectivity index (χ0v) is 12.9. The lowest BCUT2D eigenvalue weighted by atomic mass is 10.2. The Morgan fingerprint density at radius 1 is 1.35 bits per heavy atom. The molecule has 0 aliphatic carbocycles. The van der Waals surface area contributed by atoms with Crippen molar-refractivity contribution in [3.05, 3.63) is 12.7 Å². The van der Waals surface area contributed by atoms with E-state index in [1.54, 1.807) is 6.08 Å². The minimum atomic E-state index is -1.85. The summed E-state index contributed by atoms with van der Waals surface area (Å²) in [6.45, 7) is 16.7. The first-order valence-corrected chi connectivity index (χ1v) is 8.92. The highest BCUT2D eigenvalue weighted by Crippen LogP contribution is 2.37. The van der Waals surface area contributed by atoms with Crippen LogP contribution in [0.2, 0.25) is 18.1 Å². The Balaban J connectivity index is 4.54. The Bertz CT molecular complexity index is 256. The molecule has 0 saturated heterocycles. The molecule has 4 heteroatoms. The van der Waals surface area contributed by atoms with Crippen LogP contribution in [-0.4, -0.2) is 33.4 Å². The molecule has 0 unspecified atom stereocenters. The van der Waals surface area contributed by atoms with Crippen molar-refractivity contribution in [3.8, 4) is 0 Å². The molecule has 0 amide bonds. The Labute approximate surface area is 106 Å². The van der Waals surface area contributed by atoms with E-state index in [1.165, 1.54) is 0 Å². The second-order valence-corrected chi connectivity index (χ2v) is 10.6. The molecule has 0 rings (SSSR count). The van der Waals surface area contributed by atoms with Gasteiger partial charge in [-0.1, -0.05) is 26.8 Å². The molecule has 0 aromatic heterocycles. The smallest absolute Gasteiger partial charge is 0.192 e. The number of hydrogen-bond donors (Lipinski definition) is 0. The lowest BCUT2D eigenvalue weighted by Crippen LogP contribution is -2.47. The summed E-state index contributed by atoms with van der Waals surface area (Å²) in [4.78, 5) is 11.0. The third-order valence-corrected chi connectivity index (χ3v) is 7.86. The standard InChI is InChI=1S/C13H26O3Si/c1-8-9-15-12(10-14)11(2)16-17(6,7)13(3,4)5/h8,10-12H,1,9H2,2-7H3/t11-,12+/m1/s1. The third-order valence-electron chi connectivity index (χ3n) is 3.29. The molecule has 3 nitrogen and oxygen atoms in total. The van der Waals surface area contributed by atoms with Gasteiger partial charge in [0.05, 0.1) is 12.7 Å². The van der Waals surface area contributed by atoms with Gasteiger partial charge in [0, 0.05) is 0 Å². The second-order valence-electron chi connectivity index (χ2n) is 5.81. The zero-order valence-electron chi connectivity index (χ0n) is 11.9. The van der Waals surface area contributed by atoms with Crippen LogP contribution in [0.4, 0.5) is 0 Å². The largest absolute Gasteiger partial charge is 0.411 e. The highest BCUT2D eigenvalue weighted by molar-refractivity contribution is 6.74. The van der Waals surface area contributed by atoms with E-state index in [4.69, 9.17) is 9.16 Å². The molecule has 0 N–H and O–H groups in total. The van der Waals surface area contributed by atoms with Crippen molar-refractivity contribution in [1.82, 2.24) is 0 Å². The van der Waals surface area contributed by atoms with E-state index in [1.807, 2.05) is 6.92 Å². The number of aldehydes is 1. The maximum atomic E-state index is 11.0. The highest BCUT2D eigenvalue weighted by atomic mass is 28.4. The minimum Gasteiger partial charge on any atom is -0.411 e. The molecule has 100 valence electrons. The maximum absolute atomic E-state index is 11.0. The Hall–Kier alpha value is -0.453. The van der Waals surface area contributed by atoms with Crippen molar-refractivity contribution in [2.24, 2.45) is 0 Å². The average Bonchev–Trinajstić information content (AvgIpc) is 2.16. The normalized spacial score (nSPS) is 16.4. The minimum absolute atomic E-state index is 0.132. The van der Waals surface area contributed by atoms with Crippen LogP contribution in [0.3, 0.4) is 0 Å². The summed E-state index contributed by atoms with van der Waals surface area (Å²) in [7, 11) is -1.85. The van der Waals surface area contributed by atoms with Gasteiger partial charge in [0.15, 0.2) is 14.6 Å². The first-order chi connectivity index (χ1) is 7.65. The van der Waals surface area contributed by atoms with Gasteiger partial charge in [-0.25, -0.2) is 0 Å². The van der Waals surface area contributed by atoms with Crippen LogP contribution < -0.4 is 0 Å². The van der Waals surface area contributed by atoms with Crippen molar-refractivity contribution >= 4 is 14.6 Å². The number of hydrogen-bond acceptors (Lipinski definition) is 3. The summed E-state index contributed by atoms with van der Waals surface area (Å²) in [5.41, 5.74) is 0. The van der Waals surface area contributed by atoms with Crippen LogP contribution in [0.1, 0.15) is 27.7 Å². The predicted molar refractivity (Wildman–Crippen MR) is 73.7 cm³/mol. The van der Waals surface area contributed by atoms with Crippen molar-refractivity contribution in [2.45, 2.75) is 58.0 Å². The molecule has 0 saturated carbocycles. The van der Waals surface area contributed by atoms with Gasteiger partial charge in [-0.3, -0.25) is 0 Å². The summed E-state index contributed by atoms with van der Waals surface area (Å²) in [6, 6.07) is 0. The molecule has 0 radical (unpaired) electrons. The molecule has 0 aliphatic heterocycles. The fourth-order valence-corrected chi connectivity index (χ4v) is 2.59. The molecule has 0 aliphatic rings. The number of ether oxygens (including phenoxy) is 1. The van der Waals surface area contributed by atoms with E-state index in [0.29, 0.717) is 6.61 Å². The fourth-order valence-electron chi connectivity index (χ4n) is 1.17. The topological polar surface area (TPSA) is 35.5 Å². The van der Waals surface area contributed by atoms with Gasteiger partial charge in [-0.2, -0.15) is 0 Å². The summed E-state index contributed by atoms with van der Waals surface area (Å²) < 4.78 is 11.5. The number of rotatable bonds is 7. The van der Waals surface area contributed by atoms with E-state index >= 15 is 0 Å². The van der Waals surface area contributed by atoms with Gasteiger partial charge < -0.3 is 14.0 Å². The molecule has 0 aromatic rings. The zero-order chi connectivity index (χ0) is 13.7. The van der Waals surface area contributed by atoms with Gasteiger partial charge >= 0.3 is 0 Å². The van der Waals surface area contributed by atoms with Crippen LogP contribution in [-0.2, 0) is 14.0 Å². The molecule has 0 bridgehead atoms. The van der Waals surface area contributed by atoms with Gasteiger partial charge in [0.1, 0.15) is 6.10 Å². The third kappa shape index (κ3) is 5.15. The summed E-state index contributed by atoms with van der Waals surface area (Å²) >= 11 is 0. The molecule has 2 atom stereocenters. The number of carbonyl (C=O) groups is 1. The highest BCUT2D eigenvalue weighted by Gasteiger charge is 2.39. The Morgan fingerprint density at radius 2 is 1.88 bits per heavy atom. The van der Waals surface area contributed by atoms with Crippen LogP contribution in [0, 0.1) is 0 Å². The molecule has 0 aromatic carbocycles. The van der Waals surface area contributed by atoms with E-state index in [9.17, 15) is 4.79 Å². The second kappa shape index (κ2) is 6.47.